The van der Waals surface area contributed by atoms with Gasteiger partial charge in [-0.05, 0) is 43.5 Å². The van der Waals surface area contributed by atoms with Crippen LogP contribution in [0.1, 0.15) is 43.7 Å². The molecule has 1 unspecified atom stereocenters. The van der Waals surface area contributed by atoms with E-state index in [4.69, 9.17) is 4.42 Å². The van der Waals surface area contributed by atoms with Crippen LogP contribution in [0, 0.1) is 0 Å². The minimum atomic E-state index is 0.307. The van der Waals surface area contributed by atoms with Crippen molar-refractivity contribution in [1.29, 1.82) is 0 Å². The predicted molar refractivity (Wildman–Crippen MR) is 68.0 cm³/mol. The number of nitrogens with one attached hydrogen (secondary N) is 1. The van der Waals surface area contributed by atoms with Crippen molar-refractivity contribution < 1.29 is 4.42 Å². The zero-order chi connectivity index (χ0) is 11.7. The van der Waals surface area contributed by atoms with Gasteiger partial charge in [-0.2, -0.15) is 0 Å². The lowest BCUT2D eigenvalue weighted by molar-refractivity contribution is 0.347. The highest BCUT2D eigenvalue weighted by Crippen LogP contribution is 2.26. The fourth-order valence-electron chi connectivity index (χ4n) is 2.42. The van der Waals surface area contributed by atoms with Gasteiger partial charge in [-0.1, -0.05) is 19.4 Å². The topological polar surface area (TPSA) is 38.1 Å². The van der Waals surface area contributed by atoms with E-state index in [1.165, 1.54) is 18.4 Å². The van der Waals surface area contributed by atoms with Gasteiger partial charge in [0.2, 0.25) is 5.89 Å². The Balaban J connectivity index is 1.95. The molecule has 0 aliphatic carbocycles. The molecule has 0 saturated carbocycles. The Hall–Kier alpha value is -1.35. The number of hydrogen-bond donors (Lipinski definition) is 1. The van der Waals surface area contributed by atoms with E-state index in [1.54, 1.807) is 0 Å². The molecule has 1 aromatic carbocycles. The number of oxazole rings is 1. The van der Waals surface area contributed by atoms with E-state index in [-0.39, 0.29) is 0 Å². The molecule has 3 rings (SSSR count). The normalized spacial score (nSPS) is 20.9. The van der Waals surface area contributed by atoms with Gasteiger partial charge >= 0.3 is 0 Å². The molecule has 1 fully saturated rings. The summed E-state index contributed by atoms with van der Waals surface area (Å²) < 4.78 is 5.83. The molecule has 90 valence electrons. The smallest absolute Gasteiger partial charge is 0.212 e. The Kier molecular flexibility index (Phi) is 2.85. The molecule has 2 heterocycles. The number of rotatable bonds is 2. The summed E-state index contributed by atoms with van der Waals surface area (Å²) >= 11 is 0. The first kappa shape index (κ1) is 10.8. The maximum absolute atomic E-state index is 5.83. The number of hydrogen-bond acceptors (Lipinski definition) is 3. The second kappa shape index (κ2) is 4.49. The number of aryl methyl sites for hydroxylation is 1. The molecule has 17 heavy (non-hydrogen) atoms. The second-order valence-corrected chi connectivity index (χ2v) is 4.71. The summed E-state index contributed by atoms with van der Waals surface area (Å²) in [6.07, 6.45) is 4.70. The third kappa shape index (κ3) is 2.07. The Morgan fingerprint density at radius 2 is 2.35 bits per heavy atom. The standard InChI is InChI=1S/C14H18N2O/c1-2-10-6-7-13-12(9-10)16-14(17-13)11-5-3-4-8-15-11/h6-7,9,11,15H,2-5,8H2,1H3. The van der Waals surface area contributed by atoms with Crippen LogP contribution >= 0.6 is 0 Å². The zero-order valence-electron chi connectivity index (χ0n) is 10.2. The number of aromatic nitrogens is 1. The first-order chi connectivity index (χ1) is 8.36. The van der Waals surface area contributed by atoms with Crippen molar-refractivity contribution in [3.8, 4) is 0 Å². The van der Waals surface area contributed by atoms with Gasteiger partial charge in [0.25, 0.3) is 0 Å². The SMILES string of the molecule is CCc1ccc2oc(C3CCCCN3)nc2c1. The van der Waals surface area contributed by atoms with E-state index < -0.39 is 0 Å². The maximum Gasteiger partial charge on any atom is 0.212 e. The highest BCUT2D eigenvalue weighted by molar-refractivity contribution is 5.73. The van der Waals surface area contributed by atoms with Gasteiger partial charge in [0.15, 0.2) is 5.58 Å². The quantitative estimate of drug-likeness (QED) is 0.861. The molecule has 1 saturated heterocycles. The summed E-state index contributed by atoms with van der Waals surface area (Å²) in [5, 5.41) is 3.47. The summed E-state index contributed by atoms with van der Waals surface area (Å²) in [5.41, 5.74) is 3.21. The molecular weight excluding hydrogens is 212 g/mol. The Morgan fingerprint density at radius 1 is 1.41 bits per heavy atom. The zero-order valence-corrected chi connectivity index (χ0v) is 10.2. The van der Waals surface area contributed by atoms with Crippen LogP contribution in [-0.2, 0) is 6.42 Å². The van der Waals surface area contributed by atoms with Crippen molar-refractivity contribution >= 4 is 11.1 Å². The molecule has 0 bridgehead atoms. The number of nitrogens with zero attached hydrogens (tertiary/aromatic N) is 1. The van der Waals surface area contributed by atoms with Crippen LogP contribution in [0.2, 0.25) is 0 Å². The van der Waals surface area contributed by atoms with Crippen LogP contribution in [0.4, 0.5) is 0 Å². The summed E-state index contributed by atoms with van der Waals surface area (Å²) in [6, 6.07) is 6.59. The lowest BCUT2D eigenvalue weighted by Gasteiger charge is -2.19. The minimum absolute atomic E-state index is 0.307. The van der Waals surface area contributed by atoms with Crippen LogP contribution in [0.15, 0.2) is 22.6 Å². The van der Waals surface area contributed by atoms with Gasteiger partial charge in [0.1, 0.15) is 5.52 Å². The largest absolute Gasteiger partial charge is 0.439 e. The predicted octanol–water partition coefficient (Wildman–Crippen LogP) is 3.20. The van der Waals surface area contributed by atoms with Crippen molar-refractivity contribution in [2.75, 3.05) is 6.54 Å². The maximum atomic E-state index is 5.83. The van der Waals surface area contributed by atoms with Gasteiger partial charge in [-0.15, -0.1) is 0 Å². The molecule has 1 aliphatic rings. The van der Waals surface area contributed by atoms with E-state index >= 15 is 0 Å². The first-order valence-corrected chi connectivity index (χ1v) is 6.49. The van der Waals surface area contributed by atoms with Crippen molar-refractivity contribution in [3.63, 3.8) is 0 Å². The summed E-state index contributed by atoms with van der Waals surface area (Å²) in [4.78, 5) is 4.62. The summed E-state index contributed by atoms with van der Waals surface area (Å²) in [6.45, 7) is 3.23. The molecule has 0 amide bonds. The number of fused-ring (bicyclic) bond motifs is 1. The van der Waals surface area contributed by atoms with Gasteiger partial charge in [-0.25, -0.2) is 4.98 Å². The lowest BCUT2D eigenvalue weighted by atomic mass is 10.1. The lowest BCUT2D eigenvalue weighted by Crippen LogP contribution is -2.26. The van der Waals surface area contributed by atoms with E-state index in [0.717, 1.165) is 36.4 Å². The Morgan fingerprint density at radius 3 is 3.12 bits per heavy atom. The second-order valence-electron chi connectivity index (χ2n) is 4.71. The summed E-state index contributed by atoms with van der Waals surface area (Å²) in [7, 11) is 0. The van der Waals surface area contributed by atoms with Crippen LogP contribution in [0.5, 0.6) is 0 Å². The van der Waals surface area contributed by atoms with Crippen molar-refractivity contribution in [1.82, 2.24) is 10.3 Å². The monoisotopic (exact) mass is 230 g/mol. The molecule has 3 nitrogen and oxygen atoms in total. The summed E-state index contributed by atoms with van der Waals surface area (Å²) in [5.74, 6) is 0.855. The van der Waals surface area contributed by atoms with E-state index in [1.807, 2.05) is 6.07 Å². The van der Waals surface area contributed by atoms with Crippen LogP contribution in [0.25, 0.3) is 11.1 Å². The van der Waals surface area contributed by atoms with Gasteiger partial charge in [0.05, 0.1) is 6.04 Å². The average molecular weight is 230 g/mol. The van der Waals surface area contributed by atoms with Gasteiger partial charge < -0.3 is 9.73 Å². The van der Waals surface area contributed by atoms with E-state index in [2.05, 4.69) is 29.4 Å². The van der Waals surface area contributed by atoms with Crippen LogP contribution in [-0.4, -0.2) is 11.5 Å². The molecule has 0 radical (unpaired) electrons. The molecule has 1 aliphatic heterocycles. The van der Waals surface area contributed by atoms with Crippen LogP contribution < -0.4 is 5.32 Å². The highest BCUT2D eigenvalue weighted by Gasteiger charge is 2.20. The van der Waals surface area contributed by atoms with E-state index in [9.17, 15) is 0 Å². The first-order valence-electron chi connectivity index (χ1n) is 6.49. The molecule has 0 spiro atoms. The third-order valence-electron chi connectivity index (χ3n) is 3.49. The minimum Gasteiger partial charge on any atom is -0.439 e. The van der Waals surface area contributed by atoms with E-state index in [0.29, 0.717) is 6.04 Å². The van der Waals surface area contributed by atoms with Gasteiger partial charge in [0, 0.05) is 0 Å². The fourth-order valence-corrected chi connectivity index (χ4v) is 2.42. The number of piperidine rings is 1. The third-order valence-corrected chi connectivity index (χ3v) is 3.49. The highest BCUT2D eigenvalue weighted by atomic mass is 16.3. The molecule has 1 N–H and O–H groups in total. The fraction of sp³-hybridized carbons (Fsp3) is 0.500. The van der Waals surface area contributed by atoms with Crippen molar-refractivity contribution in [2.24, 2.45) is 0 Å². The van der Waals surface area contributed by atoms with Gasteiger partial charge in [-0.3, -0.25) is 0 Å². The molecule has 3 heteroatoms. The average Bonchev–Trinajstić information content (AvgIpc) is 2.82. The molecular formula is C14H18N2O. The Bertz CT molecular complexity index is 512. The Labute approximate surface area is 101 Å². The number of benzene rings is 1. The molecule has 1 aromatic heterocycles. The van der Waals surface area contributed by atoms with Crippen molar-refractivity contribution in [2.45, 2.75) is 38.6 Å². The molecule has 1 atom stereocenters. The van der Waals surface area contributed by atoms with Crippen molar-refractivity contribution in [3.05, 3.63) is 29.7 Å². The van der Waals surface area contributed by atoms with Crippen LogP contribution in [0.3, 0.4) is 0 Å². The molecule has 2 aromatic rings.